The van der Waals surface area contributed by atoms with Crippen molar-refractivity contribution in [2.24, 2.45) is 0 Å². The minimum absolute atomic E-state index is 0.505. The molecule has 0 spiro atoms. The minimum Gasteiger partial charge on any atom is -0.382 e. The Bertz CT molecular complexity index is 584. The van der Waals surface area contributed by atoms with Crippen molar-refractivity contribution < 1.29 is 0 Å². The second-order valence-electron chi connectivity index (χ2n) is 6.00. The van der Waals surface area contributed by atoms with Gasteiger partial charge in [0.2, 0.25) is 0 Å². The second-order valence-corrected chi connectivity index (χ2v) is 6.00. The number of aryl methyl sites for hydroxylation is 1. The first-order valence-corrected chi connectivity index (χ1v) is 8.18. The van der Waals surface area contributed by atoms with Crippen molar-refractivity contribution in [3.8, 4) is 0 Å². The summed E-state index contributed by atoms with van der Waals surface area (Å²) in [5, 5.41) is 8.44. The lowest BCUT2D eigenvalue weighted by molar-refractivity contribution is 0.424. The number of para-hydroxylation sites is 1. The van der Waals surface area contributed by atoms with E-state index in [1.807, 2.05) is 0 Å². The van der Waals surface area contributed by atoms with Crippen LogP contribution in [0.3, 0.4) is 0 Å². The topological polar surface area (TPSA) is 29.9 Å². The number of nitrogens with zero attached hydrogens (tertiary/aromatic N) is 2. The molecule has 0 aliphatic carbocycles. The number of rotatable bonds is 5. The Kier molecular flexibility index (Phi) is 4.28. The summed E-state index contributed by atoms with van der Waals surface area (Å²) in [6.45, 7) is 4.46. The molecule has 112 valence electrons. The maximum absolute atomic E-state index is 4.78. The van der Waals surface area contributed by atoms with Crippen molar-refractivity contribution in [3.05, 3.63) is 47.8 Å². The summed E-state index contributed by atoms with van der Waals surface area (Å²) in [4.78, 5) is 0. The van der Waals surface area contributed by atoms with E-state index in [2.05, 4.69) is 60.4 Å². The molecule has 1 atom stereocenters. The van der Waals surface area contributed by atoms with Crippen molar-refractivity contribution in [2.45, 2.75) is 58.0 Å². The maximum atomic E-state index is 4.78. The lowest BCUT2D eigenvalue weighted by Crippen LogP contribution is -2.27. The molecule has 0 saturated carbocycles. The van der Waals surface area contributed by atoms with Gasteiger partial charge in [0.25, 0.3) is 0 Å². The van der Waals surface area contributed by atoms with Crippen LogP contribution in [0.2, 0.25) is 0 Å². The van der Waals surface area contributed by atoms with Crippen LogP contribution in [0.5, 0.6) is 0 Å². The van der Waals surface area contributed by atoms with Crippen LogP contribution in [0.1, 0.15) is 50.4 Å². The van der Waals surface area contributed by atoms with Crippen LogP contribution >= 0.6 is 0 Å². The summed E-state index contributed by atoms with van der Waals surface area (Å²) in [6.07, 6.45) is 7.81. The first-order valence-electron chi connectivity index (χ1n) is 8.18. The van der Waals surface area contributed by atoms with Gasteiger partial charge in [-0.05, 0) is 43.4 Å². The SMILES string of the molecule is CCC(CC)n1ccc(CC2CCc3ccccc3N2)n1. The van der Waals surface area contributed by atoms with Crippen molar-refractivity contribution in [1.82, 2.24) is 9.78 Å². The minimum atomic E-state index is 0.505. The molecule has 1 aromatic carbocycles. The average Bonchev–Trinajstić information content (AvgIpc) is 2.97. The third-order valence-electron chi connectivity index (χ3n) is 4.57. The third-order valence-corrected chi connectivity index (χ3v) is 4.57. The molecule has 0 fully saturated rings. The molecule has 0 bridgehead atoms. The van der Waals surface area contributed by atoms with E-state index in [-0.39, 0.29) is 0 Å². The molecule has 0 saturated heterocycles. The molecule has 1 aliphatic rings. The fourth-order valence-electron chi connectivity index (χ4n) is 3.26. The average molecular weight is 283 g/mol. The van der Waals surface area contributed by atoms with Gasteiger partial charge < -0.3 is 5.32 Å². The Morgan fingerprint density at radius 2 is 2.05 bits per heavy atom. The normalized spacial score (nSPS) is 17.6. The van der Waals surface area contributed by atoms with Crippen LogP contribution in [0, 0.1) is 0 Å². The Balaban J connectivity index is 1.66. The number of anilines is 1. The Morgan fingerprint density at radius 3 is 2.86 bits per heavy atom. The van der Waals surface area contributed by atoms with Crippen LogP contribution < -0.4 is 5.32 Å². The van der Waals surface area contributed by atoms with Crippen LogP contribution in [0.25, 0.3) is 0 Å². The van der Waals surface area contributed by atoms with Gasteiger partial charge in [0, 0.05) is 24.3 Å². The van der Waals surface area contributed by atoms with Gasteiger partial charge in [-0.2, -0.15) is 5.10 Å². The standard InChI is InChI=1S/C18H25N3/c1-3-17(4-2)21-12-11-16(20-21)13-15-10-9-14-7-5-6-8-18(14)19-15/h5-8,11-12,15,17,19H,3-4,9-10,13H2,1-2H3. The Hall–Kier alpha value is -1.77. The van der Waals surface area contributed by atoms with Crippen molar-refractivity contribution in [2.75, 3.05) is 5.32 Å². The van der Waals surface area contributed by atoms with E-state index in [0.29, 0.717) is 12.1 Å². The summed E-state index contributed by atoms with van der Waals surface area (Å²) < 4.78 is 2.14. The first-order chi connectivity index (χ1) is 10.3. The quantitative estimate of drug-likeness (QED) is 0.890. The highest BCUT2D eigenvalue weighted by atomic mass is 15.3. The lowest BCUT2D eigenvalue weighted by atomic mass is 9.95. The van der Waals surface area contributed by atoms with Gasteiger partial charge in [-0.15, -0.1) is 0 Å². The predicted molar refractivity (Wildman–Crippen MR) is 87.7 cm³/mol. The van der Waals surface area contributed by atoms with E-state index >= 15 is 0 Å². The molecular formula is C18H25N3. The molecule has 2 heterocycles. The lowest BCUT2D eigenvalue weighted by Gasteiger charge is -2.26. The largest absolute Gasteiger partial charge is 0.382 e. The Labute approximate surface area is 127 Å². The number of fused-ring (bicyclic) bond motifs is 1. The summed E-state index contributed by atoms with van der Waals surface area (Å²) in [5.74, 6) is 0. The van der Waals surface area contributed by atoms with E-state index in [9.17, 15) is 0 Å². The third kappa shape index (κ3) is 3.12. The summed E-state index contributed by atoms with van der Waals surface area (Å²) in [6, 6.07) is 11.9. The fourth-order valence-corrected chi connectivity index (χ4v) is 3.26. The van der Waals surface area contributed by atoms with Gasteiger partial charge in [0.05, 0.1) is 11.7 Å². The second kappa shape index (κ2) is 6.33. The number of nitrogens with one attached hydrogen (secondary N) is 1. The summed E-state index contributed by atoms with van der Waals surface area (Å²) in [7, 11) is 0. The Morgan fingerprint density at radius 1 is 1.24 bits per heavy atom. The van der Waals surface area contributed by atoms with Crippen LogP contribution in [-0.4, -0.2) is 15.8 Å². The molecule has 1 aliphatic heterocycles. The number of hydrogen-bond acceptors (Lipinski definition) is 2. The number of hydrogen-bond donors (Lipinski definition) is 1. The molecule has 1 unspecified atom stereocenters. The highest BCUT2D eigenvalue weighted by molar-refractivity contribution is 5.53. The summed E-state index contributed by atoms with van der Waals surface area (Å²) in [5.41, 5.74) is 3.95. The van der Waals surface area contributed by atoms with Gasteiger partial charge in [0.1, 0.15) is 0 Å². The van der Waals surface area contributed by atoms with Crippen molar-refractivity contribution in [3.63, 3.8) is 0 Å². The molecule has 1 N–H and O–H groups in total. The first kappa shape index (κ1) is 14.2. The number of aromatic nitrogens is 2. The predicted octanol–water partition coefficient (Wildman–Crippen LogP) is 4.21. The molecule has 0 amide bonds. The van der Waals surface area contributed by atoms with Crippen LogP contribution in [0.4, 0.5) is 5.69 Å². The van der Waals surface area contributed by atoms with Gasteiger partial charge in [-0.1, -0.05) is 32.0 Å². The van der Waals surface area contributed by atoms with Gasteiger partial charge in [-0.25, -0.2) is 0 Å². The van der Waals surface area contributed by atoms with E-state index in [1.165, 1.54) is 29.8 Å². The molecule has 21 heavy (non-hydrogen) atoms. The zero-order chi connectivity index (χ0) is 14.7. The highest BCUT2D eigenvalue weighted by Gasteiger charge is 2.18. The van der Waals surface area contributed by atoms with E-state index in [1.54, 1.807) is 0 Å². The molecular weight excluding hydrogens is 258 g/mol. The van der Waals surface area contributed by atoms with Crippen LogP contribution in [-0.2, 0) is 12.8 Å². The smallest absolute Gasteiger partial charge is 0.0645 e. The maximum Gasteiger partial charge on any atom is 0.0645 e. The summed E-state index contributed by atoms with van der Waals surface area (Å²) >= 11 is 0. The zero-order valence-electron chi connectivity index (χ0n) is 13.0. The molecule has 2 aromatic rings. The molecule has 3 heteroatoms. The molecule has 0 radical (unpaired) electrons. The molecule has 1 aromatic heterocycles. The highest BCUT2D eigenvalue weighted by Crippen LogP contribution is 2.25. The monoisotopic (exact) mass is 283 g/mol. The van der Waals surface area contributed by atoms with E-state index < -0.39 is 0 Å². The molecule has 3 rings (SSSR count). The van der Waals surface area contributed by atoms with Gasteiger partial charge in [0.15, 0.2) is 0 Å². The van der Waals surface area contributed by atoms with Gasteiger partial charge in [-0.3, -0.25) is 4.68 Å². The van der Waals surface area contributed by atoms with E-state index in [4.69, 9.17) is 5.10 Å². The van der Waals surface area contributed by atoms with Crippen LogP contribution in [0.15, 0.2) is 36.5 Å². The molecule has 3 nitrogen and oxygen atoms in total. The number of benzene rings is 1. The zero-order valence-corrected chi connectivity index (χ0v) is 13.0. The van der Waals surface area contributed by atoms with E-state index in [0.717, 1.165) is 19.3 Å². The van der Waals surface area contributed by atoms with Gasteiger partial charge >= 0.3 is 0 Å². The fraction of sp³-hybridized carbons (Fsp3) is 0.500. The van der Waals surface area contributed by atoms with Crippen molar-refractivity contribution >= 4 is 5.69 Å². The van der Waals surface area contributed by atoms with Crippen molar-refractivity contribution in [1.29, 1.82) is 0 Å².